The zero-order chi connectivity index (χ0) is 32.1. The number of rotatable bonds is 9. The molecule has 2 aliphatic rings. The maximum atomic E-state index is 11.9. The number of hydrogen-bond donors (Lipinski definition) is 2. The highest BCUT2D eigenvalue weighted by molar-refractivity contribution is 6.76. The van der Waals surface area contributed by atoms with Gasteiger partial charge in [0.2, 0.25) is 0 Å². The predicted molar refractivity (Wildman–Crippen MR) is 173 cm³/mol. The average Bonchev–Trinajstić information content (AvgIpc) is 3.05. The number of benzene rings is 3. The van der Waals surface area contributed by atoms with Crippen molar-refractivity contribution in [2.24, 2.45) is 5.92 Å². The van der Waals surface area contributed by atoms with Gasteiger partial charge in [-0.3, -0.25) is 19.8 Å². The van der Waals surface area contributed by atoms with Gasteiger partial charge in [-0.2, -0.15) is 0 Å². The van der Waals surface area contributed by atoms with Gasteiger partial charge in [-0.05, 0) is 28.8 Å². The third kappa shape index (κ3) is 8.45. The Morgan fingerprint density at radius 1 is 0.933 bits per heavy atom. The van der Waals surface area contributed by atoms with Gasteiger partial charge < -0.3 is 24.8 Å². The van der Waals surface area contributed by atoms with Crippen LogP contribution in [-0.2, 0) is 27.4 Å². The summed E-state index contributed by atoms with van der Waals surface area (Å²) in [5, 5.41) is 23.2. The van der Waals surface area contributed by atoms with Crippen LogP contribution in [0.5, 0.6) is 0 Å². The Morgan fingerprint density at radius 2 is 1.53 bits per heavy atom. The second kappa shape index (κ2) is 14.6. The van der Waals surface area contributed by atoms with Crippen LogP contribution in [0, 0.1) is 16.0 Å². The summed E-state index contributed by atoms with van der Waals surface area (Å²) < 4.78 is 11.1. The molecule has 2 aliphatic heterocycles. The van der Waals surface area contributed by atoms with E-state index in [1.165, 1.54) is 0 Å². The Balaban J connectivity index is 1.27. The van der Waals surface area contributed by atoms with Crippen LogP contribution < -0.4 is 10.2 Å². The van der Waals surface area contributed by atoms with Gasteiger partial charge in [0.05, 0.1) is 23.7 Å². The van der Waals surface area contributed by atoms with Crippen molar-refractivity contribution in [2.75, 3.05) is 37.6 Å². The molecule has 10 nitrogen and oxygen atoms in total. The van der Waals surface area contributed by atoms with Crippen LogP contribution in [0.25, 0.3) is 0 Å². The Hall–Kier alpha value is -2.96. The van der Waals surface area contributed by atoms with Crippen LogP contribution >= 0.6 is 34.8 Å². The third-order valence-corrected chi connectivity index (χ3v) is 8.84. The molecule has 5 rings (SSSR count). The molecule has 0 saturated carbocycles. The second-order valence-corrected chi connectivity index (χ2v) is 13.6. The summed E-state index contributed by atoms with van der Waals surface area (Å²) in [6.07, 6.45) is -1.01. The van der Waals surface area contributed by atoms with Gasteiger partial charge in [0, 0.05) is 68.6 Å². The highest BCUT2D eigenvalue weighted by atomic mass is 35.6. The summed E-state index contributed by atoms with van der Waals surface area (Å²) in [6.45, 7) is 6.23. The number of carbonyl (C=O) groups excluding carboxylic acids is 1. The van der Waals surface area contributed by atoms with Crippen molar-refractivity contribution in [3.8, 4) is 0 Å². The quantitative estimate of drug-likeness (QED) is 0.169. The van der Waals surface area contributed by atoms with E-state index >= 15 is 0 Å². The molecule has 2 heterocycles. The Kier molecular flexibility index (Phi) is 10.9. The number of non-ortho nitro benzene ring substituents is 1. The number of piperazine rings is 1. The van der Waals surface area contributed by atoms with Crippen molar-refractivity contribution >= 4 is 52.1 Å². The van der Waals surface area contributed by atoms with E-state index in [2.05, 4.69) is 22.0 Å². The van der Waals surface area contributed by atoms with Gasteiger partial charge in [0.25, 0.3) is 15.4 Å². The van der Waals surface area contributed by atoms with Crippen molar-refractivity contribution in [2.45, 2.75) is 42.4 Å². The molecule has 13 heteroatoms. The lowest BCUT2D eigenvalue weighted by atomic mass is 9.90. The first kappa shape index (κ1) is 33.4. The van der Waals surface area contributed by atoms with E-state index in [0.717, 1.165) is 54.1 Å². The molecule has 4 atom stereocenters. The molecule has 3 aromatic carbocycles. The van der Waals surface area contributed by atoms with Crippen LogP contribution in [0.1, 0.15) is 41.6 Å². The van der Waals surface area contributed by atoms with Gasteiger partial charge in [0.15, 0.2) is 6.29 Å². The molecule has 45 heavy (non-hydrogen) atoms. The first-order valence-electron chi connectivity index (χ1n) is 14.7. The summed E-state index contributed by atoms with van der Waals surface area (Å²) in [7, 11) is 0. The van der Waals surface area contributed by atoms with Crippen molar-refractivity contribution in [1.29, 1.82) is 0 Å². The molecule has 2 N–H and O–H groups in total. The Bertz CT molecular complexity index is 1450. The molecule has 0 unspecified atom stereocenters. The monoisotopic (exact) mass is 676 g/mol. The van der Waals surface area contributed by atoms with Gasteiger partial charge >= 0.3 is 0 Å². The van der Waals surface area contributed by atoms with E-state index in [1.807, 2.05) is 48.5 Å². The minimum Gasteiger partial charge on any atom is -0.392 e. The van der Waals surface area contributed by atoms with E-state index in [-0.39, 0.29) is 41.9 Å². The molecule has 3 aromatic rings. The molecular weight excluding hydrogens is 643 g/mol. The fourth-order valence-corrected chi connectivity index (χ4v) is 5.83. The molecule has 0 aromatic heterocycles. The molecule has 0 aliphatic carbocycles. The van der Waals surface area contributed by atoms with Crippen molar-refractivity contribution in [3.63, 3.8) is 0 Å². The smallest absolute Gasteiger partial charge is 0.272 e. The SMILES string of the molecule is C[C@@H]1[C@H](CN2CCN(c3ccc([N+](=O)[O-])cc3)CC2)O[C@H](c2ccc(CNC(=O)C(Cl)(Cl)Cl)cc2)O[C@@H]1c1ccc(CO)cc1. The first-order valence-corrected chi connectivity index (χ1v) is 15.8. The van der Waals surface area contributed by atoms with Crippen LogP contribution in [0.4, 0.5) is 11.4 Å². The number of carbonyl (C=O) groups is 1. The van der Waals surface area contributed by atoms with Crippen LogP contribution in [0.2, 0.25) is 0 Å². The van der Waals surface area contributed by atoms with E-state index in [9.17, 15) is 20.0 Å². The number of aliphatic hydroxyl groups is 1. The Labute approximate surface area is 276 Å². The molecule has 0 radical (unpaired) electrons. The number of nitro groups is 1. The molecule has 2 saturated heterocycles. The van der Waals surface area contributed by atoms with Gasteiger partial charge in [-0.1, -0.05) is 90.3 Å². The van der Waals surface area contributed by atoms with Crippen LogP contribution in [0.15, 0.2) is 72.8 Å². The largest absolute Gasteiger partial charge is 0.392 e. The predicted octanol–water partition coefficient (Wildman–Crippen LogP) is 5.69. The minimum atomic E-state index is -2.03. The Morgan fingerprint density at radius 3 is 2.11 bits per heavy atom. The number of hydrogen-bond acceptors (Lipinski definition) is 8. The number of ether oxygens (including phenoxy) is 2. The number of aliphatic hydroxyl groups excluding tert-OH is 1. The number of anilines is 1. The van der Waals surface area contributed by atoms with Gasteiger partial charge in [-0.15, -0.1) is 0 Å². The minimum absolute atomic E-state index is 0.0317. The number of alkyl halides is 3. The normalized spacial score (nSPS) is 22.6. The third-order valence-electron chi connectivity index (χ3n) is 8.32. The summed E-state index contributed by atoms with van der Waals surface area (Å²) in [5.74, 6) is -0.665. The lowest BCUT2D eigenvalue weighted by Crippen LogP contribution is -2.51. The fraction of sp³-hybridized carbons (Fsp3) is 0.406. The van der Waals surface area contributed by atoms with E-state index < -0.39 is 16.0 Å². The molecule has 0 spiro atoms. The van der Waals surface area contributed by atoms with Gasteiger partial charge in [-0.25, -0.2) is 0 Å². The summed E-state index contributed by atoms with van der Waals surface area (Å²) in [6, 6.07) is 22.0. The standard InChI is InChI=1S/C32H35Cl3N4O6/c1-21-28(19-37-14-16-38(17-15-37)26-10-12-27(13-11-26)39(42)43)44-30(45-29(21)24-6-4-23(20-40)5-7-24)25-8-2-22(3-9-25)18-36-31(41)32(33,34)35/h2-13,21,28-30,40H,14-20H2,1H3,(H,36,41)/t21-,28+,29+,30+/m1/s1. The topological polar surface area (TPSA) is 117 Å². The first-order chi connectivity index (χ1) is 21.5. The fourth-order valence-electron chi connectivity index (χ4n) is 5.63. The summed E-state index contributed by atoms with van der Waals surface area (Å²) in [4.78, 5) is 27.2. The highest BCUT2D eigenvalue weighted by Gasteiger charge is 2.39. The van der Waals surface area contributed by atoms with E-state index in [1.54, 1.807) is 24.3 Å². The number of halogens is 3. The molecule has 0 bridgehead atoms. The van der Waals surface area contributed by atoms with E-state index in [4.69, 9.17) is 44.3 Å². The number of amides is 1. The average molecular weight is 678 g/mol. The zero-order valence-electron chi connectivity index (χ0n) is 24.7. The number of nitro benzene ring substituents is 1. The zero-order valence-corrected chi connectivity index (χ0v) is 26.9. The van der Waals surface area contributed by atoms with E-state index in [0.29, 0.717) is 6.54 Å². The maximum absolute atomic E-state index is 11.9. The lowest BCUT2D eigenvalue weighted by Gasteiger charge is -2.44. The number of nitrogens with zero attached hydrogens (tertiary/aromatic N) is 3. The van der Waals surface area contributed by atoms with Gasteiger partial charge in [0.1, 0.15) is 0 Å². The molecular formula is C32H35Cl3N4O6. The van der Waals surface area contributed by atoms with Crippen molar-refractivity contribution in [3.05, 3.63) is 105 Å². The van der Waals surface area contributed by atoms with Crippen LogP contribution in [0.3, 0.4) is 0 Å². The number of nitrogens with one attached hydrogen (secondary N) is 1. The van der Waals surface area contributed by atoms with Crippen molar-refractivity contribution < 1.29 is 24.3 Å². The maximum Gasteiger partial charge on any atom is 0.272 e. The van der Waals surface area contributed by atoms with Crippen LogP contribution in [-0.4, -0.2) is 63.5 Å². The second-order valence-electron chi connectivity index (χ2n) is 11.3. The lowest BCUT2D eigenvalue weighted by molar-refractivity contribution is -0.384. The molecule has 2 fully saturated rings. The highest BCUT2D eigenvalue weighted by Crippen LogP contribution is 2.42. The molecule has 1 amide bonds. The summed E-state index contributed by atoms with van der Waals surface area (Å²) in [5.41, 5.74) is 4.55. The van der Waals surface area contributed by atoms with Crippen molar-refractivity contribution in [1.82, 2.24) is 10.2 Å². The summed E-state index contributed by atoms with van der Waals surface area (Å²) >= 11 is 16.9. The molecule has 240 valence electrons.